The lowest BCUT2D eigenvalue weighted by molar-refractivity contribution is -0.137. The molecule has 0 spiro atoms. The highest BCUT2D eigenvalue weighted by atomic mass is 16.6. The molecule has 4 unspecified atom stereocenters. The summed E-state index contributed by atoms with van der Waals surface area (Å²) in [6.07, 6.45) is -0.253. The number of anilines is 1. The molecule has 11 nitrogen and oxygen atoms in total. The molecule has 1 aliphatic rings. The highest BCUT2D eigenvalue weighted by Crippen LogP contribution is 2.33. The Kier molecular flexibility index (Phi) is 4.63. The van der Waals surface area contributed by atoms with Crippen molar-refractivity contribution in [2.75, 3.05) is 19.4 Å². The average molecular weight is 385 g/mol. The maximum atomic E-state index is 11.9. The van der Waals surface area contributed by atoms with Gasteiger partial charge in [-0.1, -0.05) is 0 Å². The van der Waals surface area contributed by atoms with E-state index in [0.717, 1.165) is 0 Å². The Bertz CT molecular complexity index is 1010. The summed E-state index contributed by atoms with van der Waals surface area (Å²) in [5, 5.41) is 26.0. The molecule has 0 saturated carbocycles. The zero-order valence-corrected chi connectivity index (χ0v) is 15.1. The Morgan fingerprint density at radius 1 is 1.25 bits per heavy atom. The van der Waals surface area contributed by atoms with Gasteiger partial charge < -0.3 is 25.6 Å². The number of hydrogen-bond acceptors (Lipinski definition) is 9. The summed E-state index contributed by atoms with van der Waals surface area (Å²) < 4.78 is 7.11. The van der Waals surface area contributed by atoms with Gasteiger partial charge in [0.15, 0.2) is 35.1 Å². The number of carbonyl (C=O) groups excluding carboxylic acids is 1. The van der Waals surface area contributed by atoms with Crippen molar-refractivity contribution in [2.45, 2.75) is 24.5 Å². The highest BCUT2D eigenvalue weighted by Gasteiger charge is 2.47. The van der Waals surface area contributed by atoms with E-state index in [0.29, 0.717) is 28.4 Å². The van der Waals surface area contributed by atoms with Crippen LogP contribution < -0.4 is 10.6 Å². The van der Waals surface area contributed by atoms with Crippen molar-refractivity contribution in [3.63, 3.8) is 0 Å². The smallest absolute Gasteiger partial charge is 0.251 e. The van der Waals surface area contributed by atoms with Gasteiger partial charge in [-0.05, 0) is 12.1 Å². The van der Waals surface area contributed by atoms with Gasteiger partial charge >= 0.3 is 0 Å². The number of amides is 1. The number of ether oxygens (including phenoxy) is 1. The molecule has 4 rings (SSSR count). The number of carbonyl (C=O) groups is 1. The van der Waals surface area contributed by atoms with Gasteiger partial charge in [0.2, 0.25) is 0 Å². The van der Waals surface area contributed by atoms with Crippen LogP contribution in [0.25, 0.3) is 22.6 Å². The number of aliphatic hydroxyl groups is 2. The number of nitrogens with one attached hydrogen (secondary N) is 2. The third-order valence-corrected chi connectivity index (χ3v) is 4.60. The van der Waals surface area contributed by atoms with Crippen LogP contribution in [0.2, 0.25) is 0 Å². The topological polar surface area (TPSA) is 147 Å². The van der Waals surface area contributed by atoms with Gasteiger partial charge in [-0.2, -0.15) is 0 Å². The third kappa shape index (κ3) is 2.85. The van der Waals surface area contributed by atoms with Crippen molar-refractivity contribution < 1.29 is 19.7 Å². The fourth-order valence-corrected chi connectivity index (χ4v) is 3.15. The Labute approximate surface area is 159 Å². The van der Waals surface area contributed by atoms with E-state index >= 15 is 0 Å². The van der Waals surface area contributed by atoms with Crippen LogP contribution in [0.1, 0.15) is 6.23 Å². The van der Waals surface area contributed by atoms with Crippen molar-refractivity contribution in [1.82, 2.24) is 29.8 Å². The van der Waals surface area contributed by atoms with E-state index in [1.807, 2.05) is 6.07 Å². The molecular weight excluding hydrogens is 366 g/mol. The van der Waals surface area contributed by atoms with E-state index in [1.54, 1.807) is 25.5 Å². The first kappa shape index (κ1) is 18.2. The summed E-state index contributed by atoms with van der Waals surface area (Å²) in [5.74, 6) is 0.362. The Morgan fingerprint density at radius 2 is 2.07 bits per heavy atom. The maximum absolute atomic E-state index is 11.9. The quantitative estimate of drug-likeness (QED) is 0.457. The summed E-state index contributed by atoms with van der Waals surface area (Å²) in [7, 11) is 3.14. The number of nitrogens with zero attached hydrogens (tertiary/aromatic N) is 5. The van der Waals surface area contributed by atoms with E-state index in [-0.39, 0.29) is 0 Å². The Balaban J connectivity index is 1.81. The minimum absolute atomic E-state index is 0.381. The molecule has 3 aromatic rings. The lowest BCUT2D eigenvalue weighted by Gasteiger charge is -2.16. The third-order valence-electron chi connectivity index (χ3n) is 4.60. The molecule has 1 saturated heterocycles. The largest absolute Gasteiger partial charge is 0.387 e. The van der Waals surface area contributed by atoms with Crippen LogP contribution in [0.4, 0.5) is 5.82 Å². The van der Waals surface area contributed by atoms with Crippen LogP contribution in [-0.2, 0) is 9.53 Å². The zero-order chi connectivity index (χ0) is 19.8. The summed E-state index contributed by atoms with van der Waals surface area (Å²) in [5.41, 5.74) is 1.54. The molecule has 1 fully saturated rings. The number of likely N-dealkylation sites (N-methyl/N-ethyl adjacent to an activating group) is 1. The number of rotatable bonds is 4. The van der Waals surface area contributed by atoms with Crippen molar-refractivity contribution >= 4 is 22.9 Å². The second kappa shape index (κ2) is 7.11. The number of aliphatic hydroxyl groups excluding tert-OH is 2. The van der Waals surface area contributed by atoms with E-state index in [1.165, 1.54) is 17.9 Å². The van der Waals surface area contributed by atoms with Gasteiger partial charge in [0.1, 0.15) is 12.2 Å². The molecule has 1 amide bonds. The first-order valence-corrected chi connectivity index (χ1v) is 8.61. The highest BCUT2D eigenvalue weighted by molar-refractivity contribution is 5.85. The molecule has 0 aromatic carbocycles. The van der Waals surface area contributed by atoms with Gasteiger partial charge in [-0.25, -0.2) is 15.0 Å². The van der Waals surface area contributed by atoms with Crippen LogP contribution >= 0.6 is 0 Å². The first-order valence-electron chi connectivity index (χ1n) is 8.61. The molecule has 0 radical (unpaired) electrons. The molecule has 0 bridgehead atoms. The second-order valence-corrected chi connectivity index (χ2v) is 6.25. The normalized spacial score (nSPS) is 24.4. The lowest BCUT2D eigenvalue weighted by atomic mass is 10.1. The number of hydrogen-bond donors (Lipinski definition) is 4. The van der Waals surface area contributed by atoms with Crippen molar-refractivity contribution in [3.8, 4) is 11.4 Å². The number of pyridine rings is 1. The van der Waals surface area contributed by atoms with Gasteiger partial charge in [0, 0.05) is 32.1 Å². The van der Waals surface area contributed by atoms with Crippen LogP contribution in [0, 0.1) is 0 Å². The van der Waals surface area contributed by atoms with Crippen LogP contribution in [-0.4, -0.2) is 73.0 Å². The van der Waals surface area contributed by atoms with Crippen molar-refractivity contribution in [1.29, 1.82) is 0 Å². The first-order chi connectivity index (χ1) is 13.5. The van der Waals surface area contributed by atoms with E-state index in [2.05, 4.69) is 30.6 Å². The van der Waals surface area contributed by atoms with Gasteiger partial charge in [0.05, 0.1) is 6.33 Å². The van der Waals surface area contributed by atoms with Crippen LogP contribution in [0.5, 0.6) is 0 Å². The minimum atomic E-state index is -1.38. The standard InChI is InChI=1S/C17H19N7O4/c1-18-14-9-15(23-13(22-14)8-4-3-5-20-6-8)24(7-21-9)17-11(26)10(25)12(28-17)16(27)19-2/h3-7,10-12,17,25-26H,1-2H3,(H,19,27)(H,18,22,23). The SMILES string of the molecule is CNC(=O)C1OC(n2cnc3c(NC)nc(-c4cccnc4)nc32)C(O)C1O. The fraction of sp³-hybridized carbons (Fsp3) is 0.353. The molecule has 4 heterocycles. The molecule has 28 heavy (non-hydrogen) atoms. The summed E-state index contributed by atoms with van der Waals surface area (Å²) in [6, 6.07) is 3.59. The van der Waals surface area contributed by atoms with Gasteiger partial charge in [-0.3, -0.25) is 14.3 Å². The lowest BCUT2D eigenvalue weighted by Crippen LogP contribution is -2.41. The predicted molar refractivity (Wildman–Crippen MR) is 98.1 cm³/mol. The minimum Gasteiger partial charge on any atom is -0.387 e. The van der Waals surface area contributed by atoms with E-state index in [4.69, 9.17) is 4.74 Å². The molecule has 11 heteroatoms. The predicted octanol–water partition coefficient (Wildman–Crippen LogP) is -0.705. The molecule has 1 aliphatic heterocycles. The number of fused-ring (bicyclic) bond motifs is 1. The number of imidazole rings is 1. The Hall–Kier alpha value is -3.15. The van der Waals surface area contributed by atoms with Crippen molar-refractivity contribution in [2.24, 2.45) is 0 Å². The van der Waals surface area contributed by atoms with Gasteiger partial charge in [0.25, 0.3) is 5.91 Å². The molecular formula is C17H19N7O4. The number of aromatic nitrogens is 5. The zero-order valence-electron chi connectivity index (χ0n) is 15.1. The average Bonchev–Trinajstić information content (AvgIpc) is 3.28. The summed E-state index contributed by atoms with van der Waals surface area (Å²) in [6.45, 7) is 0. The fourth-order valence-electron chi connectivity index (χ4n) is 3.15. The molecule has 3 aromatic heterocycles. The van der Waals surface area contributed by atoms with Crippen LogP contribution in [0.3, 0.4) is 0 Å². The van der Waals surface area contributed by atoms with E-state index < -0.39 is 30.4 Å². The van der Waals surface area contributed by atoms with Crippen molar-refractivity contribution in [3.05, 3.63) is 30.9 Å². The molecule has 146 valence electrons. The second-order valence-electron chi connectivity index (χ2n) is 6.25. The van der Waals surface area contributed by atoms with Gasteiger partial charge in [-0.15, -0.1) is 0 Å². The molecule has 4 atom stereocenters. The monoisotopic (exact) mass is 385 g/mol. The molecule has 0 aliphatic carbocycles. The van der Waals surface area contributed by atoms with E-state index in [9.17, 15) is 15.0 Å². The van der Waals surface area contributed by atoms with Crippen LogP contribution in [0.15, 0.2) is 30.9 Å². The maximum Gasteiger partial charge on any atom is 0.251 e. The summed E-state index contributed by atoms with van der Waals surface area (Å²) in [4.78, 5) is 29.3. The summed E-state index contributed by atoms with van der Waals surface area (Å²) >= 11 is 0. The Morgan fingerprint density at radius 3 is 2.75 bits per heavy atom. The molecule has 4 N–H and O–H groups in total.